The highest BCUT2D eigenvalue weighted by Gasteiger charge is 2.29. The van der Waals surface area contributed by atoms with E-state index in [0.29, 0.717) is 6.54 Å². The number of rotatable bonds is 6. The van der Waals surface area contributed by atoms with Crippen LogP contribution >= 0.6 is 11.3 Å². The molecular formula is C25H33N5O2S. The van der Waals surface area contributed by atoms with E-state index < -0.39 is 0 Å². The van der Waals surface area contributed by atoms with E-state index in [1.807, 2.05) is 12.1 Å². The number of aromatic nitrogens is 2. The smallest absolute Gasteiger partial charge is 0.223 e. The molecule has 7 nitrogen and oxygen atoms in total. The van der Waals surface area contributed by atoms with Gasteiger partial charge in [0.1, 0.15) is 22.7 Å². The molecule has 5 rings (SSSR count). The third kappa shape index (κ3) is 4.64. The fraction of sp³-hybridized carbons (Fsp3) is 0.560. The summed E-state index contributed by atoms with van der Waals surface area (Å²) in [4.78, 5) is 29.3. The topological polar surface area (TPSA) is 74.5 Å². The second kappa shape index (κ2) is 9.81. The fourth-order valence-corrected chi connectivity index (χ4v) is 6.21. The number of furan rings is 1. The summed E-state index contributed by atoms with van der Waals surface area (Å²) in [6.07, 6.45) is 8.79. The highest BCUT2D eigenvalue weighted by atomic mass is 32.1. The van der Waals surface area contributed by atoms with Crippen LogP contribution in [-0.2, 0) is 4.79 Å². The Hall–Kier alpha value is -2.45. The van der Waals surface area contributed by atoms with Crippen molar-refractivity contribution >= 4 is 33.3 Å². The van der Waals surface area contributed by atoms with Crippen molar-refractivity contribution < 1.29 is 9.21 Å². The number of hydrogen-bond donors (Lipinski definition) is 1. The Morgan fingerprint density at radius 1 is 1.18 bits per heavy atom. The molecule has 2 aliphatic rings. The molecule has 2 aliphatic heterocycles. The molecule has 0 aromatic carbocycles. The average molecular weight is 468 g/mol. The standard InChI is InChI=1S/C25H33N5O2S/c1-17-18(2)33-25-22(17)23(27-16-28-25)30-12-8-19(9-13-30)24(31)26-15-20(21-7-6-14-32-21)29-10-4-3-5-11-29/h6-7,14,16,19-20H,3-5,8-13,15H2,1-2H3,(H,26,31). The third-order valence-corrected chi connectivity index (χ3v) is 8.40. The first kappa shape index (κ1) is 22.3. The minimum atomic E-state index is 0.0440. The Bertz CT molecular complexity index is 1080. The van der Waals surface area contributed by atoms with E-state index in [1.165, 1.54) is 35.1 Å². The zero-order valence-electron chi connectivity index (χ0n) is 19.5. The molecule has 3 aromatic rings. The zero-order chi connectivity index (χ0) is 22.8. The molecule has 2 saturated heterocycles. The first-order chi connectivity index (χ1) is 16.1. The summed E-state index contributed by atoms with van der Waals surface area (Å²) in [5.41, 5.74) is 1.27. The molecule has 0 saturated carbocycles. The molecule has 1 unspecified atom stereocenters. The Morgan fingerprint density at radius 2 is 1.97 bits per heavy atom. The summed E-state index contributed by atoms with van der Waals surface area (Å²) in [5.74, 6) is 2.17. The predicted molar refractivity (Wildman–Crippen MR) is 132 cm³/mol. The maximum atomic E-state index is 13.1. The van der Waals surface area contributed by atoms with Crippen molar-refractivity contribution in [2.75, 3.05) is 37.6 Å². The SMILES string of the molecule is Cc1sc2ncnc(N3CCC(C(=O)NCC(c4ccco4)N4CCCCC4)CC3)c2c1C. The molecular weight excluding hydrogens is 434 g/mol. The van der Waals surface area contributed by atoms with Crippen LogP contribution in [0.3, 0.4) is 0 Å². The summed E-state index contributed by atoms with van der Waals surface area (Å²) >= 11 is 1.73. The van der Waals surface area contributed by atoms with Crippen LogP contribution in [-0.4, -0.2) is 53.5 Å². The Labute approximate surface area is 199 Å². The number of thiophene rings is 1. The number of likely N-dealkylation sites (tertiary alicyclic amines) is 1. The molecule has 0 aliphatic carbocycles. The van der Waals surface area contributed by atoms with Crippen molar-refractivity contribution in [2.24, 2.45) is 5.92 Å². The van der Waals surface area contributed by atoms with E-state index in [0.717, 1.165) is 55.4 Å². The highest BCUT2D eigenvalue weighted by Crippen LogP contribution is 2.35. The van der Waals surface area contributed by atoms with Crippen molar-refractivity contribution in [1.29, 1.82) is 0 Å². The summed E-state index contributed by atoms with van der Waals surface area (Å²) < 4.78 is 5.73. The van der Waals surface area contributed by atoms with Gasteiger partial charge in [-0.3, -0.25) is 9.69 Å². The van der Waals surface area contributed by atoms with Crippen molar-refractivity contribution in [2.45, 2.75) is 52.0 Å². The van der Waals surface area contributed by atoms with Gasteiger partial charge in [0.15, 0.2) is 0 Å². The van der Waals surface area contributed by atoms with Crippen LogP contribution in [0.25, 0.3) is 10.2 Å². The van der Waals surface area contributed by atoms with E-state index in [1.54, 1.807) is 23.9 Å². The molecule has 1 N–H and O–H groups in total. The van der Waals surface area contributed by atoms with E-state index in [9.17, 15) is 4.79 Å². The van der Waals surface area contributed by atoms with Gasteiger partial charge in [-0.2, -0.15) is 0 Å². The highest BCUT2D eigenvalue weighted by molar-refractivity contribution is 7.18. The van der Waals surface area contributed by atoms with Gasteiger partial charge < -0.3 is 14.6 Å². The maximum absolute atomic E-state index is 13.1. The molecule has 8 heteroatoms. The van der Waals surface area contributed by atoms with Crippen LogP contribution in [0.15, 0.2) is 29.1 Å². The van der Waals surface area contributed by atoms with E-state index in [4.69, 9.17) is 4.42 Å². The molecule has 5 heterocycles. The van der Waals surface area contributed by atoms with Crippen LogP contribution in [0.5, 0.6) is 0 Å². The van der Waals surface area contributed by atoms with Gasteiger partial charge in [0.05, 0.1) is 17.7 Å². The first-order valence-electron chi connectivity index (χ1n) is 12.1. The first-order valence-corrected chi connectivity index (χ1v) is 12.9. The van der Waals surface area contributed by atoms with E-state index in [-0.39, 0.29) is 17.9 Å². The molecule has 0 bridgehead atoms. The number of hydrogen-bond acceptors (Lipinski definition) is 7. The van der Waals surface area contributed by atoms with Crippen LogP contribution in [0.1, 0.15) is 54.3 Å². The Morgan fingerprint density at radius 3 is 2.70 bits per heavy atom. The largest absolute Gasteiger partial charge is 0.468 e. The molecule has 0 spiro atoms. The second-order valence-electron chi connectivity index (χ2n) is 9.29. The normalized spacial score (nSPS) is 19.2. The quantitative estimate of drug-likeness (QED) is 0.577. The van der Waals surface area contributed by atoms with Crippen LogP contribution in [0, 0.1) is 19.8 Å². The third-order valence-electron chi connectivity index (χ3n) is 7.28. The van der Waals surface area contributed by atoms with E-state index in [2.05, 4.69) is 38.9 Å². The number of nitrogens with zero attached hydrogens (tertiary/aromatic N) is 4. The lowest BCUT2D eigenvalue weighted by molar-refractivity contribution is -0.125. The molecule has 33 heavy (non-hydrogen) atoms. The maximum Gasteiger partial charge on any atom is 0.223 e. The molecule has 1 atom stereocenters. The number of carbonyl (C=O) groups is 1. The van der Waals surface area contributed by atoms with Gasteiger partial charge in [-0.25, -0.2) is 9.97 Å². The van der Waals surface area contributed by atoms with Crippen molar-refractivity contribution in [3.8, 4) is 0 Å². The van der Waals surface area contributed by atoms with Gasteiger partial charge in [-0.1, -0.05) is 6.42 Å². The molecule has 2 fully saturated rings. The lowest BCUT2D eigenvalue weighted by Gasteiger charge is -2.35. The summed E-state index contributed by atoms with van der Waals surface area (Å²) in [5, 5.41) is 4.42. The van der Waals surface area contributed by atoms with Crippen molar-refractivity contribution in [1.82, 2.24) is 20.2 Å². The monoisotopic (exact) mass is 467 g/mol. The van der Waals surface area contributed by atoms with Crippen LogP contribution < -0.4 is 10.2 Å². The molecule has 176 valence electrons. The number of nitrogens with one attached hydrogen (secondary N) is 1. The molecule has 0 radical (unpaired) electrons. The lowest BCUT2D eigenvalue weighted by Crippen LogP contribution is -2.44. The lowest BCUT2D eigenvalue weighted by atomic mass is 9.95. The molecule has 1 amide bonds. The number of piperidine rings is 2. The van der Waals surface area contributed by atoms with Crippen molar-refractivity contribution in [3.05, 3.63) is 40.9 Å². The summed E-state index contributed by atoms with van der Waals surface area (Å²) in [7, 11) is 0. The summed E-state index contributed by atoms with van der Waals surface area (Å²) in [6.45, 7) is 8.70. The van der Waals surface area contributed by atoms with E-state index >= 15 is 0 Å². The summed E-state index contributed by atoms with van der Waals surface area (Å²) in [6, 6.07) is 4.08. The van der Waals surface area contributed by atoms with Crippen molar-refractivity contribution in [3.63, 3.8) is 0 Å². The predicted octanol–water partition coefficient (Wildman–Crippen LogP) is 4.46. The van der Waals surface area contributed by atoms with Gasteiger partial charge in [-0.15, -0.1) is 11.3 Å². The van der Waals surface area contributed by atoms with Gasteiger partial charge in [-0.05, 0) is 70.3 Å². The zero-order valence-corrected chi connectivity index (χ0v) is 20.4. The van der Waals surface area contributed by atoms with Gasteiger partial charge in [0.25, 0.3) is 0 Å². The fourth-order valence-electron chi connectivity index (χ4n) is 5.22. The van der Waals surface area contributed by atoms with Crippen LogP contribution in [0.2, 0.25) is 0 Å². The Kier molecular flexibility index (Phi) is 6.64. The van der Waals surface area contributed by atoms with Gasteiger partial charge in [0.2, 0.25) is 5.91 Å². The number of aryl methyl sites for hydroxylation is 2. The second-order valence-corrected chi connectivity index (χ2v) is 10.5. The molecule has 3 aromatic heterocycles. The van der Waals surface area contributed by atoms with Gasteiger partial charge in [0, 0.05) is 30.4 Å². The number of amides is 1. The Balaban J connectivity index is 1.20. The number of fused-ring (bicyclic) bond motifs is 1. The average Bonchev–Trinajstić information content (AvgIpc) is 3.48. The minimum absolute atomic E-state index is 0.0440. The van der Waals surface area contributed by atoms with Gasteiger partial charge >= 0.3 is 0 Å². The number of anilines is 1. The minimum Gasteiger partial charge on any atom is -0.468 e. The number of carbonyl (C=O) groups excluding carboxylic acids is 1. The van der Waals surface area contributed by atoms with Crippen LogP contribution in [0.4, 0.5) is 5.82 Å².